The number of para-hydroxylation sites is 1. The van der Waals surface area contributed by atoms with Crippen LogP contribution in [0, 0.1) is 5.92 Å². The van der Waals surface area contributed by atoms with Crippen LogP contribution in [0.1, 0.15) is 18.4 Å². The van der Waals surface area contributed by atoms with Crippen molar-refractivity contribution in [1.82, 2.24) is 10.3 Å². The first-order valence-corrected chi connectivity index (χ1v) is 7.92. The third-order valence-electron chi connectivity index (χ3n) is 3.76. The minimum atomic E-state index is 0.886. The van der Waals surface area contributed by atoms with Gasteiger partial charge in [-0.3, -0.25) is 0 Å². The molecule has 3 rings (SSSR count). The quantitative estimate of drug-likeness (QED) is 0.882. The fourth-order valence-corrected chi connectivity index (χ4v) is 3.84. The van der Waals surface area contributed by atoms with Gasteiger partial charge in [0.05, 0.1) is 0 Å². The van der Waals surface area contributed by atoms with E-state index in [1.54, 1.807) is 0 Å². The highest BCUT2D eigenvalue weighted by Crippen LogP contribution is 2.22. The number of hydrogen-bond acceptors (Lipinski definition) is 2. The maximum absolute atomic E-state index is 3.62. The minimum absolute atomic E-state index is 0.886. The number of hydrogen-bond donors (Lipinski definition) is 2. The number of aromatic nitrogens is 1. The summed E-state index contributed by atoms with van der Waals surface area (Å²) in [4.78, 5) is 3.33. The largest absolute Gasteiger partial charge is 0.361 e. The number of thioether (sulfide) groups is 1. The molecule has 1 aromatic heterocycles. The molecule has 0 unspecified atom stereocenters. The lowest BCUT2D eigenvalue weighted by Gasteiger charge is -2.21. The molecule has 96 valence electrons. The number of fused-ring (bicyclic) bond motifs is 1. The van der Waals surface area contributed by atoms with Crippen molar-refractivity contribution in [3.05, 3.63) is 36.0 Å². The Kier molecular flexibility index (Phi) is 3.91. The SMILES string of the molecule is c1ccc2c(CNCC3CCSCC3)c[nH]c2c1. The summed E-state index contributed by atoms with van der Waals surface area (Å²) < 4.78 is 0. The van der Waals surface area contributed by atoms with Crippen LogP contribution in [0.3, 0.4) is 0 Å². The van der Waals surface area contributed by atoms with Crippen molar-refractivity contribution < 1.29 is 0 Å². The molecule has 0 saturated carbocycles. The molecule has 2 N–H and O–H groups in total. The van der Waals surface area contributed by atoms with Crippen LogP contribution in [-0.4, -0.2) is 23.0 Å². The van der Waals surface area contributed by atoms with E-state index in [0.29, 0.717) is 0 Å². The van der Waals surface area contributed by atoms with Gasteiger partial charge in [0.15, 0.2) is 0 Å². The predicted molar refractivity (Wildman–Crippen MR) is 80.1 cm³/mol. The third-order valence-corrected chi connectivity index (χ3v) is 4.81. The highest BCUT2D eigenvalue weighted by Gasteiger charge is 2.13. The Morgan fingerprint density at radius 3 is 2.94 bits per heavy atom. The molecule has 0 bridgehead atoms. The van der Waals surface area contributed by atoms with Gasteiger partial charge in [-0.15, -0.1) is 0 Å². The Bertz CT molecular complexity index is 500. The average Bonchev–Trinajstić information content (AvgIpc) is 2.84. The molecule has 2 aromatic rings. The maximum atomic E-state index is 3.62. The van der Waals surface area contributed by atoms with E-state index in [0.717, 1.165) is 12.5 Å². The normalized spacial score (nSPS) is 17.3. The fourth-order valence-electron chi connectivity index (χ4n) is 2.64. The van der Waals surface area contributed by atoms with Crippen molar-refractivity contribution in [2.75, 3.05) is 18.1 Å². The molecular weight excluding hydrogens is 240 g/mol. The van der Waals surface area contributed by atoms with Gasteiger partial charge in [0.25, 0.3) is 0 Å². The highest BCUT2D eigenvalue weighted by molar-refractivity contribution is 7.99. The Labute approximate surface area is 113 Å². The Morgan fingerprint density at radius 2 is 2.06 bits per heavy atom. The van der Waals surface area contributed by atoms with Crippen molar-refractivity contribution in [3.63, 3.8) is 0 Å². The highest BCUT2D eigenvalue weighted by atomic mass is 32.2. The van der Waals surface area contributed by atoms with Crippen LogP contribution in [0.15, 0.2) is 30.5 Å². The molecule has 3 heteroatoms. The van der Waals surface area contributed by atoms with Crippen LogP contribution in [0.2, 0.25) is 0 Å². The lowest BCUT2D eigenvalue weighted by molar-refractivity contribution is 0.448. The van der Waals surface area contributed by atoms with Crippen molar-refractivity contribution >= 4 is 22.7 Å². The van der Waals surface area contributed by atoms with Crippen molar-refractivity contribution in [2.24, 2.45) is 5.92 Å². The van der Waals surface area contributed by atoms with Gasteiger partial charge in [-0.2, -0.15) is 11.8 Å². The van der Waals surface area contributed by atoms with Crippen molar-refractivity contribution in [3.8, 4) is 0 Å². The first-order chi connectivity index (χ1) is 8.93. The van der Waals surface area contributed by atoms with Gasteiger partial charge < -0.3 is 10.3 Å². The minimum Gasteiger partial charge on any atom is -0.361 e. The molecule has 0 amide bonds. The van der Waals surface area contributed by atoms with Gasteiger partial charge in [0, 0.05) is 23.6 Å². The molecule has 2 nitrogen and oxygen atoms in total. The molecule has 1 aliphatic heterocycles. The van der Waals surface area contributed by atoms with Crippen LogP contribution in [-0.2, 0) is 6.54 Å². The molecule has 1 aliphatic rings. The van der Waals surface area contributed by atoms with E-state index in [1.807, 2.05) is 0 Å². The van der Waals surface area contributed by atoms with E-state index in [2.05, 4.69) is 52.5 Å². The van der Waals surface area contributed by atoms with Crippen LogP contribution in [0.25, 0.3) is 10.9 Å². The fraction of sp³-hybridized carbons (Fsp3) is 0.467. The van der Waals surface area contributed by atoms with Gasteiger partial charge in [0.2, 0.25) is 0 Å². The van der Waals surface area contributed by atoms with Gasteiger partial charge in [-0.1, -0.05) is 18.2 Å². The summed E-state index contributed by atoms with van der Waals surface area (Å²) in [6, 6.07) is 8.52. The summed E-state index contributed by atoms with van der Waals surface area (Å²) in [5.41, 5.74) is 2.62. The number of nitrogens with one attached hydrogen (secondary N) is 2. The zero-order chi connectivity index (χ0) is 12.2. The van der Waals surface area contributed by atoms with Gasteiger partial charge in [-0.05, 0) is 48.4 Å². The number of H-pyrrole nitrogens is 1. The van der Waals surface area contributed by atoms with Crippen molar-refractivity contribution in [2.45, 2.75) is 19.4 Å². The molecule has 0 spiro atoms. The summed E-state index contributed by atoms with van der Waals surface area (Å²) in [6.07, 6.45) is 4.89. The number of benzene rings is 1. The second-order valence-electron chi connectivity index (χ2n) is 5.05. The molecular formula is C15H20N2S. The molecule has 1 fully saturated rings. The van der Waals surface area contributed by atoms with E-state index >= 15 is 0 Å². The first-order valence-electron chi connectivity index (χ1n) is 6.77. The standard InChI is InChI=1S/C15H20N2S/c1-2-4-15-14(3-1)13(11-17-15)10-16-9-12-5-7-18-8-6-12/h1-4,11-12,16-17H,5-10H2. The monoisotopic (exact) mass is 260 g/mol. The zero-order valence-corrected chi connectivity index (χ0v) is 11.4. The van der Waals surface area contributed by atoms with Crippen LogP contribution >= 0.6 is 11.8 Å². The number of aromatic amines is 1. The number of rotatable bonds is 4. The summed E-state index contributed by atoms with van der Waals surface area (Å²) in [6.45, 7) is 2.15. The lowest BCUT2D eigenvalue weighted by Crippen LogP contribution is -2.25. The van der Waals surface area contributed by atoms with Crippen LogP contribution < -0.4 is 5.32 Å². The molecule has 1 saturated heterocycles. The van der Waals surface area contributed by atoms with E-state index in [9.17, 15) is 0 Å². The van der Waals surface area contributed by atoms with Gasteiger partial charge in [0.1, 0.15) is 0 Å². The molecule has 1 aromatic carbocycles. The Hall–Kier alpha value is -0.930. The average molecular weight is 260 g/mol. The topological polar surface area (TPSA) is 27.8 Å². The molecule has 0 atom stereocenters. The van der Waals surface area contributed by atoms with E-state index in [4.69, 9.17) is 0 Å². The molecule has 2 heterocycles. The second kappa shape index (κ2) is 5.81. The summed E-state index contributed by atoms with van der Waals surface area (Å²) in [7, 11) is 0. The summed E-state index contributed by atoms with van der Waals surface area (Å²) >= 11 is 2.10. The van der Waals surface area contributed by atoms with Gasteiger partial charge >= 0.3 is 0 Å². The van der Waals surface area contributed by atoms with E-state index in [1.165, 1.54) is 47.4 Å². The molecule has 0 radical (unpaired) electrons. The van der Waals surface area contributed by atoms with Crippen LogP contribution in [0.5, 0.6) is 0 Å². The lowest BCUT2D eigenvalue weighted by atomic mass is 10.0. The summed E-state index contributed by atoms with van der Waals surface area (Å²) in [5, 5.41) is 4.97. The predicted octanol–water partition coefficient (Wildman–Crippen LogP) is 3.40. The van der Waals surface area contributed by atoms with Crippen LogP contribution in [0.4, 0.5) is 0 Å². The zero-order valence-electron chi connectivity index (χ0n) is 10.6. The van der Waals surface area contributed by atoms with E-state index in [-0.39, 0.29) is 0 Å². The Morgan fingerprint density at radius 1 is 1.22 bits per heavy atom. The molecule has 18 heavy (non-hydrogen) atoms. The first kappa shape index (κ1) is 12.1. The van der Waals surface area contributed by atoms with E-state index < -0.39 is 0 Å². The van der Waals surface area contributed by atoms with Crippen molar-refractivity contribution in [1.29, 1.82) is 0 Å². The smallest absolute Gasteiger partial charge is 0.0457 e. The third kappa shape index (κ3) is 2.73. The maximum Gasteiger partial charge on any atom is 0.0457 e. The summed E-state index contributed by atoms with van der Waals surface area (Å²) in [5.74, 6) is 3.58. The molecule has 0 aliphatic carbocycles. The van der Waals surface area contributed by atoms with Gasteiger partial charge in [-0.25, -0.2) is 0 Å². The second-order valence-corrected chi connectivity index (χ2v) is 6.27. The Balaban J connectivity index is 1.56.